The van der Waals surface area contributed by atoms with Crippen LogP contribution in [-0.4, -0.2) is 72.8 Å². The molecular formula is C19H38IN5O2. The smallest absolute Gasteiger partial charge is 0.410 e. The van der Waals surface area contributed by atoms with Crippen molar-refractivity contribution in [2.45, 2.75) is 70.9 Å². The van der Waals surface area contributed by atoms with E-state index in [1.807, 2.05) is 20.8 Å². The van der Waals surface area contributed by atoms with E-state index >= 15 is 0 Å². The molecule has 1 aliphatic heterocycles. The second kappa shape index (κ2) is 11.9. The first-order valence-corrected chi connectivity index (χ1v) is 10.1. The molecule has 8 heteroatoms. The average Bonchev–Trinajstić information content (AvgIpc) is 2.58. The summed E-state index contributed by atoms with van der Waals surface area (Å²) in [4.78, 5) is 20.7. The molecule has 0 atom stereocenters. The molecule has 0 aromatic rings. The molecule has 27 heavy (non-hydrogen) atoms. The summed E-state index contributed by atoms with van der Waals surface area (Å²) >= 11 is 0. The molecule has 3 N–H and O–H groups in total. The van der Waals surface area contributed by atoms with Crippen molar-refractivity contribution in [3.8, 4) is 0 Å². The van der Waals surface area contributed by atoms with Crippen molar-refractivity contribution in [3.05, 3.63) is 0 Å². The zero-order chi connectivity index (χ0) is 19.0. The average molecular weight is 495 g/mol. The molecule has 0 aromatic carbocycles. The van der Waals surface area contributed by atoms with E-state index in [0.717, 1.165) is 45.7 Å². The number of hydrogen-bond acceptors (Lipinski definition) is 4. The van der Waals surface area contributed by atoms with Gasteiger partial charge in [-0.3, -0.25) is 9.89 Å². The van der Waals surface area contributed by atoms with E-state index in [-0.39, 0.29) is 30.1 Å². The molecule has 0 unspecified atom stereocenters. The number of piperazine rings is 1. The molecule has 2 rings (SSSR count). The molecule has 7 nitrogen and oxygen atoms in total. The van der Waals surface area contributed by atoms with Crippen LogP contribution in [0.3, 0.4) is 0 Å². The number of carbonyl (C=O) groups is 1. The summed E-state index contributed by atoms with van der Waals surface area (Å²) in [6.07, 6.45) is 7.12. The number of nitrogens with two attached hydrogens (primary N) is 1. The largest absolute Gasteiger partial charge is 0.444 e. The topological polar surface area (TPSA) is 83.2 Å². The van der Waals surface area contributed by atoms with Crippen LogP contribution in [0.5, 0.6) is 0 Å². The number of amides is 1. The molecule has 1 heterocycles. The van der Waals surface area contributed by atoms with Crippen molar-refractivity contribution in [2.24, 2.45) is 10.7 Å². The number of carbonyl (C=O) groups excluding carboxylic acids is 1. The number of hydrogen-bond donors (Lipinski definition) is 2. The first kappa shape index (κ1) is 24.3. The number of ether oxygens (including phenoxy) is 1. The highest BCUT2D eigenvalue weighted by Crippen LogP contribution is 2.17. The SMILES string of the molecule is CC(C)(C)OC(=O)N1CCN(CCCN=C(N)NC2CCCCC2)CC1.I. The molecule has 1 aliphatic carbocycles. The number of aliphatic imine (C=N–C) groups is 1. The van der Waals surface area contributed by atoms with E-state index in [1.54, 1.807) is 4.90 Å². The van der Waals surface area contributed by atoms with Gasteiger partial charge in [0.1, 0.15) is 5.60 Å². The first-order chi connectivity index (χ1) is 12.3. The van der Waals surface area contributed by atoms with Gasteiger partial charge in [0, 0.05) is 45.3 Å². The van der Waals surface area contributed by atoms with E-state index in [9.17, 15) is 4.79 Å². The molecule has 1 saturated carbocycles. The Hall–Kier alpha value is -0.770. The molecule has 0 aromatic heterocycles. The molecule has 2 fully saturated rings. The van der Waals surface area contributed by atoms with Crippen LogP contribution in [0.15, 0.2) is 4.99 Å². The van der Waals surface area contributed by atoms with Crippen LogP contribution in [0.2, 0.25) is 0 Å². The van der Waals surface area contributed by atoms with Gasteiger partial charge >= 0.3 is 6.09 Å². The fourth-order valence-corrected chi connectivity index (χ4v) is 3.48. The fourth-order valence-electron chi connectivity index (χ4n) is 3.48. The van der Waals surface area contributed by atoms with Gasteiger partial charge < -0.3 is 20.7 Å². The Kier molecular flexibility index (Phi) is 10.7. The van der Waals surface area contributed by atoms with Crippen molar-refractivity contribution in [1.82, 2.24) is 15.1 Å². The lowest BCUT2D eigenvalue weighted by Crippen LogP contribution is -2.50. The maximum Gasteiger partial charge on any atom is 0.410 e. The van der Waals surface area contributed by atoms with E-state index in [1.165, 1.54) is 32.1 Å². The zero-order valence-corrected chi connectivity index (χ0v) is 19.5. The molecule has 158 valence electrons. The monoisotopic (exact) mass is 495 g/mol. The fraction of sp³-hybridized carbons (Fsp3) is 0.895. The van der Waals surface area contributed by atoms with Crippen molar-refractivity contribution in [2.75, 3.05) is 39.3 Å². The van der Waals surface area contributed by atoms with Gasteiger partial charge in [-0.05, 0) is 40.0 Å². The van der Waals surface area contributed by atoms with Crippen molar-refractivity contribution in [3.63, 3.8) is 0 Å². The Morgan fingerprint density at radius 3 is 2.37 bits per heavy atom. The Morgan fingerprint density at radius 1 is 1.15 bits per heavy atom. The third-order valence-corrected chi connectivity index (χ3v) is 4.90. The second-order valence-electron chi connectivity index (χ2n) is 8.41. The number of nitrogens with zero attached hydrogens (tertiary/aromatic N) is 3. The third kappa shape index (κ3) is 9.82. The molecule has 0 bridgehead atoms. The summed E-state index contributed by atoms with van der Waals surface area (Å²) in [7, 11) is 0. The van der Waals surface area contributed by atoms with Gasteiger partial charge in [-0.2, -0.15) is 0 Å². The van der Waals surface area contributed by atoms with Gasteiger partial charge in [0.2, 0.25) is 0 Å². The van der Waals surface area contributed by atoms with Crippen LogP contribution in [0, 0.1) is 0 Å². The maximum absolute atomic E-state index is 12.1. The number of halogens is 1. The Balaban J connectivity index is 0.00000364. The molecule has 0 spiro atoms. The number of nitrogens with one attached hydrogen (secondary N) is 1. The quantitative estimate of drug-likeness (QED) is 0.265. The van der Waals surface area contributed by atoms with Crippen LogP contribution >= 0.6 is 24.0 Å². The summed E-state index contributed by atoms with van der Waals surface area (Å²) in [5, 5.41) is 3.35. The van der Waals surface area contributed by atoms with E-state index < -0.39 is 5.60 Å². The highest BCUT2D eigenvalue weighted by atomic mass is 127. The van der Waals surface area contributed by atoms with Gasteiger partial charge in [0.25, 0.3) is 0 Å². The normalized spacial score (nSPS) is 20.1. The lowest BCUT2D eigenvalue weighted by Gasteiger charge is -2.35. The molecular weight excluding hydrogens is 457 g/mol. The molecule has 1 amide bonds. The lowest BCUT2D eigenvalue weighted by atomic mass is 9.96. The Morgan fingerprint density at radius 2 is 1.78 bits per heavy atom. The van der Waals surface area contributed by atoms with Gasteiger partial charge in [0.15, 0.2) is 5.96 Å². The van der Waals surface area contributed by atoms with E-state index in [4.69, 9.17) is 10.5 Å². The third-order valence-electron chi connectivity index (χ3n) is 4.90. The lowest BCUT2D eigenvalue weighted by molar-refractivity contribution is 0.0145. The number of guanidine groups is 1. The summed E-state index contributed by atoms with van der Waals surface area (Å²) in [6, 6.07) is 0.508. The number of rotatable bonds is 5. The van der Waals surface area contributed by atoms with Crippen LogP contribution in [0.25, 0.3) is 0 Å². The summed E-state index contributed by atoms with van der Waals surface area (Å²) in [5.41, 5.74) is 5.56. The zero-order valence-electron chi connectivity index (χ0n) is 17.2. The van der Waals surface area contributed by atoms with E-state index in [2.05, 4.69) is 15.2 Å². The summed E-state index contributed by atoms with van der Waals surface area (Å²) < 4.78 is 5.43. The minimum atomic E-state index is -0.433. The predicted molar refractivity (Wildman–Crippen MR) is 121 cm³/mol. The second-order valence-corrected chi connectivity index (χ2v) is 8.41. The molecule has 0 radical (unpaired) electrons. The highest BCUT2D eigenvalue weighted by Gasteiger charge is 2.25. The minimum Gasteiger partial charge on any atom is -0.444 e. The van der Waals surface area contributed by atoms with Crippen molar-refractivity contribution in [1.29, 1.82) is 0 Å². The predicted octanol–water partition coefficient (Wildman–Crippen LogP) is 2.78. The maximum atomic E-state index is 12.1. The van der Waals surface area contributed by atoms with Crippen molar-refractivity contribution < 1.29 is 9.53 Å². The summed E-state index contributed by atoms with van der Waals surface area (Å²) in [5.74, 6) is 0.589. The van der Waals surface area contributed by atoms with Crippen LogP contribution in [0.4, 0.5) is 4.79 Å². The van der Waals surface area contributed by atoms with Crippen LogP contribution in [-0.2, 0) is 4.74 Å². The Bertz CT molecular complexity index is 467. The summed E-state index contributed by atoms with van der Waals surface area (Å²) in [6.45, 7) is 10.7. The van der Waals surface area contributed by atoms with Gasteiger partial charge in [-0.1, -0.05) is 19.3 Å². The Labute approximate surface area is 181 Å². The van der Waals surface area contributed by atoms with Gasteiger partial charge in [0.05, 0.1) is 0 Å². The van der Waals surface area contributed by atoms with Crippen LogP contribution in [0.1, 0.15) is 59.3 Å². The standard InChI is InChI=1S/C19H37N5O2.HI/c1-19(2,3)26-18(25)24-14-12-23(13-15-24)11-7-10-21-17(20)22-16-8-5-4-6-9-16;/h16H,4-15H2,1-3H3,(H3,20,21,22);1H. The van der Waals surface area contributed by atoms with Crippen molar-refractivity contribution >= 4 is 36.0 Å². The highest BCUT2D eigenvalue weighted by molar-refractivity contribution is 14.0. The van der Waals surface area contributed by atoms with Crippen LogP contribution < -0.4 is 11.1 Å². The van der Waals surface area contributed by atoms with E-state index in [0.29, 0.717) is 12.0 Å². The van der Waals surface area contributed by atoms with Gasteiger partial charge in [-0.25, -0.2) is 4.79 Å². The first-order valence-electron chi connectivity index (χ1n) is 10.1. The van der Waals surface area contributed by atoms with Gasteiger partial charge in [-0.15, -0.1) is 24.0 Å². The molecule has 2 aliphatic rings. The molecule has 1 saturated heterocycles. The minimum absolute atomic E-state index is 0.